The Labute approximate surface area is 143 Å². The Morgan fingerprint density at radius 2 is 1.72 bits per heavy atom. The second-order valence-corrected chi connectivity index (χ2v) is 5.70. The van der Waals surface area contributed by atoms with Gasteiger partial charge in [-0.25, -0.2) is 4.98 Å². The number of fused-ring (bicyclic) bond motifs is 1. The van der Waals surface area contributed by atoms with E-state index in [9.17, 15) is 4.79 Å². The largest absolute Gasteiger partial charge is 0.326 e. The highest BCUT2D eigenvalue weighted by Crippen LogP contribution is 2.24. The molecule has 4 aromatic rings. The molecule has 0 amide bonds. The molecular formula is C19H15N5O. The number of anilines is 2. The average Bonchev–Trinajstić information content (AvgIpc) is 2.64. The van der Waals surface area contributed by atoms with Gasteiger partial charge in [0, 0.05) is 24.3 Å². The Kier molecular flexibility index (Phi) is 3.70. The van der Waals surface area contributed by atoms with Crippen molar-refractivity contribution < 1.29 is 0 Å². The van der Waals surface area contributed by atoms with Gasteiger partial charge in [-0.1, -0.05) is 17.7 Å². The van der Waals surface area contributed by atoms with Gasteiger partial charge in [0.2, 0.25) is 5.95 Å². The first kappa shape index (κ1) is 15.0. The molecule has 3 aromatic heterocycles. The lowest BCUT2D eigenvalue weighted by Crippen LogP contribution is -2.13. The first-order valence-corrected chi connectivity index (χ1v) is 7.84. The smallest absolute Gasteiger partial charge is 0.262 e. The molecular weight excluding hydrogens is 314 g/mol. The van der Waals surface area contributed by atoms with Crippen LogP contribution in [-0.2, 0) is 0 Å². The zero-order valence-electron chi connectivity index (χ0n) is 13.5. The van der Waals surface area contributed by atoms with E-state index in [1.807, 2.05) is 49.4 Å². The van der Waals surface area contributed by atoms with E-state index in [2.05, 4.69) is 25.3 Å². The van der Waals surface area contributed by atoms with Crippen LogP contribution in [0.25, 0.3) is 22.2 Å². The van der Waals surface area contributed by atoms with Gasteiger partial charge >= 0.3 is 0 Å². The highest BCUT2D eigenvalue weighted by molar-refractivity contribution is 5.92. The van der Waals surface area contributed by atoms with Gasteiger partial charge in [-0.15, -0.1) is 0 Å². The third-order valence-corrected chi connectivity index (χ3v) is 3.91. The molecule has 6 heteroatoms. The molecule has 0 aliphatic carbocycles. The number of nitrogens with zero attached hydrogens (tertiary/aromatic N) is 3. The maximum Gasteiger partial charge on any atom is 0.262 e. The van der Waals surface area contributed by atoms with E-state index in [0.717, 1.165) is 22.4 Å². The summed E-state index contributed by atoms with van der Waals surface area (Å²) in [6, 6.07) is 13.4. The predicted octanol–water partition coefficient (Wildman–Crippen LogP) is 3.43. The van der Waals surface area contributed by atoms with Crippen molar-refractivity contribution in [3.63, 3.8) is 0 Å². The lowest BCUT2D eigenvalue weighted by Gasteiger charge is -2.08. The Morgan fingerprint density at radius 3 is 2.48 bits per heavy atom. The predicted molar refractivity (Wildman–Crippen MR) is 97.9 cm³/mol. The average molecular weight is 329 g/mol. The van der Waals surface area contributed by atoms with E-state index in [1.54, 1.807) is 18.6 Å². The molecule has 0 fully saturated rings. The van der Waals surface area contributed by atoms with Crippen molar-refractivity contribution >= 4 is 22.7 Å². The third kappa shape index (κ3) is 2.97. The normalized spacial score (nSPS) is 10.8. The van der Waals surface area contributed by atoms with E-state index in [0.29, 0.717) is 17.0 Å². The molecule has 0 atom stereocenters. The fraction of sp³-hybridized carbons (Fsp3) is 0.0526. The maximum absolute atomic E-state index is 12.6. The molecule has 0 spiro atoms. The molecule has 0 radical (unpaired) electrons. The van der Waals surface area contributed by atoms with Crippen LogP contribution in [-0.4, -0.2) is 19.9 Å². The SMILES string of the molecule is Cc1ccc(Nc2nc3nccc(-c4ccncc4)c3c(=O)[nH]2)cc1. The first-order valence-electron chi connectivity index (χ1n) is 7.84. The molecule has 2 N–H and O–H groups in total. The molecule has 3 heterocycles. The van der Waals surface area contributed by atoms with Crippen molar-refractivity contribution in [2.75, 3.05) is 5.32 Å². The van der Waals surface area contributed by atoms with Gasteiger partial charge in [0.05, 0.1) is 5.39 Å². The minimum Gasteiger partial charge on any atom is -0.326 e. The van der Waals surface area contributed by atoms with Crippen LogP contribution in [0.4, 0.5) is 11.6 Å². The highest BCUT2D eigenvalue weighted by atomic mass is 16.1. The van der Waals surface area contributed by atoms with Gasteiger partial charge in [-0.2, -0.15) is 4.98 Å². The van der Waals surface area contributed by atoms with Gasteiger partial charge in [0.15, 0.2) is 5.65 Å². The molecule has 0 saturated heterocycles. The number of hydrogen-bond acceptors (Lipinski definition) is 5. The Morgan fingerprint density at radius 1 is 0.960 bits per heavy atom. The minimum atomic E-state index is -0.237. The first-order chi connectivity index (χ1) is 12.2. The molecule has 0 aliphatic rings. The topological polar surface area (TPSA) is 83.6 Å². The fourth-order valence-electron chi connectivity index (χ4n) is 2.67. The van der Waals surface area contributed by atoms with Crippen LogP contribution in [0.3, 0.4) is 0 Å². The van der Waals surface area contributed by atoms with E-state index < -0.39 is 0 Å². The zero-order valence-corrected chi connectivity index (χ0v) is 13.5. The molecule has 122 valence electrons. The molecule has 0 unspecified atom stereocenters. The number of H-pyrrole nitrogens is 1. The summed E-state index contributed by atoms with van der Waals surface area (Å²) < 4.78 is 0. The zero-order chi connectivity index (χ0) is 17.2. The quantitative estimate of drug-likeness (QED) is 0.601. The minimum absolute atomic E-state index is 0.237. The number of rotatable bonds is 3. The molecule has 6 nitrogen and oxygen atoms in total. The van der Waals surface area contributed by atoms with Crippen molar-refractivity contribution in [1.29, 1.82) is 0 Å². The summed E-state index contributed by atoms with van der Waals surface area (Å²) >= 11 is 0. The van der Waals surface area contributed by atoms with E-state index in [-0.39, 0.29) is 5.56 Å². The van der Waals surface area contributed by atoms with Crippen molar-refractivity contribution in [3.05, 3.63) is 77.0 Å². The number of aromatic nitrogens is 4. The molecule has 0 bridgehead atoms. The molecule has 0 aliphatic heterocycles. The van der Waals surface area contributed by atoms with Crippen LogP contribution >= 0.6 is 0 Å². The standard InChI is InChI=1S/C19H15N5O/c1-12-2-4-14(5-3-12)22-19-23-17-16(18(25)24-19)15(8-11-21-17)13-6-9-20-10-7-13/h2-11H,1H3,(H2,21,22,23,24,25). The van der Waals surface area contributed by atoms with Gasteiger partial charge in [0.1, 0.15) is 0 Å². The summed E-state index contributed by atoms with van der Waals surface area (Å²) in [7, 11) is 0. The number of hydrogen-bond donors (Lipinski definition) is 2. The Bertz CT molecular complexity index is 1090. The van der Waals surface area contributed by atoms with Crippen LogP contribution in [0.15, 0.2) is 65.8 Å². The Balaban J connectivity index is 1.81. The van der Waals surface area contributed by atoms with Crippen LogP contribution in [0.1, 0.15) is 5.56 Å². The van der Waals surface area contributed by atoms with Gasteiger partial charge in [-0.3, -0.25) is 14.8 Å². The van der Waals surface area contributed by atoms with Crippen LogP contribution in [0.5, 0.6) is 0 Å². The maximum atomic E-state index is 12.6. The van der Waals surface area contributed by atoms with Crippen LogP contribution in [0.2, 0.25) is 0 Å². The monoisotopic (exact) mass is 329 g/mol. The van der Waals surface area contributed by atoms with E-state index >= 15 is 0 Å². The van der Waals surface area contributed by atoms with E-state index in [1.165, 1.54) is 0 Å². The summed E-state index contributed by atoms with van der Waals surface area (Å²) in [5.41, 5.74) is 3.84. The second kappa shape index (κ2) is 6.16. The second-order valence-electron chi connectivity index (χ2n) is 5.70. The van der Waals surface area contributed by atoms with Crippen LogP contribution in [0, 0.1) is 6.92 Å². The molecule has 0 saturated carbocycles. The molecule has 4 rings (SSSR count). The summed E-state index contributed by atoms with van der Waals surface area (Å²) in [4.78, 5) is 28.2. The van der Waals surface area contributed by atoms with Crippen molar-refractivity contribution in [2.45, 2.75) is 6.92 Å². The number of benzene rings is 1. The van der Waals surface area contributed by atoms with Crippen LogP contribution < -0.4 is 10.9 Å². The number of pyridine rings is 2. The lowest BCUT2D eigenvalue weighted by molar-refractivity contribution is 1.14. The van der Waals surface area contributed by atoms with Gasteiger partial charge in [-0.05, 0) is 48.4 Å². The Hall–Kier alpha value is -3.54. The number of aryl methyl sites for hydroxylation is 1. The summed E-state index contributed by atoms with van der Waals surface area (Å²) in [5, 5.41) is 3.57. The van der Waals surface area contributed by atoms with Crippen molar-refractivity contribution in [1.82, 2.24) is 19.9 Å². The fourth-order valence-corrected chi connectivity index (χ4v) is 2.67. The lowest BCUT2D eigenvalue weighted by atomic mass is 10.1. The third-order valence-electron chi connectivity index (χ3n) is 3.91. The molecule has 1 aromatic carbocycles. The van der Waals surface area contributed by atoms with Gasteiger partial charge < -0.3 is 5.32 Å². The summed E-state index contributed by atoms with van der Waals surface area (Å²) in [6.45, 7) is 2.02. The summed E-state index contributed by atoms with van der Waals surface area (Å²) in [5.74, 6) is 0.362. The molecule has 25 heavy (non-hydrogen) atoms. The van der Waals surface area contributed by atoms with Crippen molar-refractivity contribution in [3.8, 4) is 11.1 Å². The van der Waals surface area contributed by atoms with E-state index in [4.69, 9.17) is 0 Å². The summed E-state index contributed by atoms with van der Waals surface area (Å²) in [6.07, 6.45) is 5.03. The highest BCUT2D eigenvalue weighted by Gasteiger charge is 2.11. The number of aromatic amines is 1. The number of nitrogens with one attached hydrogen (secondary N) is 2. The van der Waals surface area contributed by atoms with Crippen molar-refractivity contribution in [2.24, 2.45) is 0 Å². The van der Waals surface area contributed by atoms with Gasteiger partial charge in [0.25, 0.3) is 5.56 Å².